The number of rotatable bonds is 15. The predicted molar refractivity (Wildman–Crippen MR) is 170 cm³/mol. The lowest BCUT2D eigenvalue weighted by Gasteiger charge is -2.47. The Kier molecular flexibility index (Phi) is 17.3. The summed E-state index contributed by atoms with van der Waals surface area (Å²) in [5, 5.41) is 0. The minimum atomic E-state index is 0. The maximum Gasteiger partial charge on any atom is 0.0785 e. The van der Waals surface area contributed by atoms with Gasteiger partial charge in [-0.3, -0.25) is 0 Å². The lowest BCUT2D eigenvalue weighted by molar-refractivity contribution is -0.891. The minimum Gasteiger partial charge on any atom is -1.00 e. The lowest BCUT2D eigenvalue weighted by Crippen LogP contribution is -3.00. The summed E-state index contributed by atoms with van der Waals surface area (Å²) in [6.45, 7) is 25.7. The normalized spacial score (nSPS) is 28.2. The van der Waals surface area contributed by atoms with E-state index in [1.807, 2.05) is 0 Å². The molecule has 2 rings (SSSR count). The molecule has 0 radical (unpaired) electrons. The number of unbranched alkanes of at least 4 members (excludes halogenated alkanes) is 3. The minimum absolute atomic E-state index is 0. The van der Waals surface area contributed by atoms with E-state index in [1.165, 1.54) is 112 Å². The Morgan fingerprint density at radius 3 is 1.20 bits per heavy atom. The molecule has 2 aliphatic rings. The summed E-state index contributed by atoms with van der Waals surface area (Å²) in [4.78, 5) is 0. The summed E-state index contributed by atoms with van der Waals surface area (Å²) in [5.41, 5.74) is 1.06. The van der Waals surface area contributed by atoms with Crippen molar-refractivity contribution in [1.82, 2.24) is 0 Å². The van der Waals surface area contributed by atoms with Crippen molar-refractivity contribution in [3.05, 3.63) is 0 Å². The number of halogens is 2. The van der Waals surface area contributed by atoms with Gasteiger partial charge in [-0.15, -0.1) is 0 Å². The summed E-state index contributed by atoms with van der Waals surface area (Å²) in [6, 6.07) is 0. The maximum atomic E-state index is 2.56. The van der Waals surface area contributed by atoms with E-state index in [1.54, 1.807) is 0 Å². The van der Waals surface area contributed by atoms with Crippen molar-refractivity contribution in [2.24, 2.45) is 46.3 Å². The van der Waals surface area contributed by atoms with Crippen molar-refractivity contribution in [3.63, 3.8) is 0 Å². The van der Waals surface area contributed by atoms with Gasteiger partial charge in [0.15, 0.2) is 0 Å². The van der Waals surface area contributed by atoms with E-state index in [0.717, 1.165) is 35.5 Å². The Balaban J connectivity index is 0.00000760. The van der Waals surface area contributed by atoms with Gasteiger partial charge >= 0.3 is 0 Å². The molecule has 40 heavy (non-hydrogen) atoms. The monoisotopic (exact) mass is 605 g/mol. The molecule has 0 bridgehead atoms. The Morgan fingerprint density at radius 1 is 0.575 bits per heavy atom. The van der Waals surface area contributed by atoms with Crippen molar-refractivity contribution in [2.75, 3.05) is 54.4 Å². The Bertz CT molecular complexity index is 628. The van der Waals surface area contributed by atoms with Crippen LogP contribution in [0.25, 0.3) is 0 Å². The molecule has 2 nitrogen and oxygen atoms in total. The molecular formula is C36H74Cl2N2. The van der Waals surface area contributed by atoms with E-state index in [-0.39, 0.29) is 24.8 Å². The Hall–Kier alpha value is 0.500. The van der Waals surface area contributed by atoms with Crippen molar-refractivity contribution in [2.45, 2.75) is 132 Å². The molecule has 2 fully saturated rings. The van der Waals surface area contributed by atoms with Crippen LogP contribution in [-0.4, -0.2) is 63.3 Å². The largest absolute Gasteiger partial charge is 1.00 e. The lowest BCUT2D eigenvalue weighted by atomic mass is 9.59. The van der Waals surface area contributed by atoms with Crippen LogP contribution >= 0.6 is 0 Å². The van der Waals surface area contributed by atoms with Crippen LogP contribution in [0.15, 0.2) is 0 Å². The first kappa shape index (κ1) is 40.5. The number of hydrogen-bond donors (Lipinski definition) is 0. The zero-order valence-corrected chi connectivity index (χ0v) is 30.9. The first-order chi connectivity index (χ1) is 17.5. The topological polar surface area (TPSA) is 0 Å². The van der Waals surface area contributed by atoms with E-state index >= 15 is 0 Å². The fourth-order valence-electron chi connectivity index (χ4n) is 9.78. The molecule has 0 aromatic carbocycles. The van der Waals surface area contributed by atoms with Gasteiger partial charge in [0.05, 0.1) is 54.4 Å². The molecule has 0 aliphatic heterocycles. The molecule has 6 atom stereocenters. The summed E-state index contributed by atoms with van der Waals surface area (Å²) in [6.07, 6.45) is 17.0. The summed E-state index contributed by atoms with van der Waals surface area (Å²) in [7, 11) is 9.94. The molecule has 0 saturated heterocycles. The standard InChI is InChI=1S/C36H74N2.2ClH/c1-29-19-17-23-35(5,6)33(29)31(3)21-27-37(9,10)25-15-13-14-16-26-38(11,12)28-22-32(4)34-30(2)20-18-24-36(34,7)8;;/h29-34H,13-28H2,1-12H3;2*1H/q+2;;/p-2. The van der Waals surface area contributed by atoms with Gasteiger partial charge in [0, 0.05) is 0 Å². The first-order valence-electron chi connectivity index (χ1n) is 17.1. The second-order valence-electron chi connectivity index (χ2n) is 17.5. The molecule has 0 aromatic rings. The quantitative estimate of drug-likeness (QED) is 0.197. The molecule has 0 spiro atoms. The molecule has 0 N–H and O–H groups in total. The fourth-order valence-corrected chi connectivity index (χ4v) is 9.78. The van der Waals surface area contributed by atoms with Crippen LogP contribution in [0.3, 0.4) is 0 Å². The van der Waals surface area contributed by atoms with Crippen LogP contribution in [0.1, 0.15) is 132 Å². The molecule has 242 valence electrons. The third-order valence-corrected chi connectivity index (χ3v) is 11.9. The van der Waals surface area contributed by atoms with E-state index in [2.05, 4.69) is 83.6 Å². The SMILES string of the molecule is CC1CCCC(C)(C)C1C(C)CC[N+](C)(C)CCCCCC[N+](C)(C)CCC(C)C1C(C)CCCC1(C)C.[Cl-].[Cl-]. The molecule has 6 unspecified atom stereocenters. The van der Waals surface area contributed by atoms with Gasteiger partial charge in [-0.05, 0) is 97.7 Å². The molecule has 0 heterocycles. The second-order valence-corrected chi connectivity index (χ2v) is 17.5. The van der Waals surface area contributed by atoms with Crippen LogP contribution in [0, 0.1) is 46.3 Å². The van der Waals surface area contributed by atoms with Crippen LogP contribution < -0.4 is 24.8 Å². The van der Waals surface area contributed by atoms with Gasteiger partial charge in [0.1, 0.15) is 0 Å². The second kappa shape index (κ2) is 17.1. The van der Waals surface area contributed by atoms with E-state index in [9.17, 15) is 0 Å². The molecular weight excluding hydrogens is 531 g/mol. The van der Waals surface area contributed by atoms with Crippen molar-refractivity contribution >= 4 is 0 Å². The Morgan fingerprint density at radius 2 is 0.900 bits per heavy atom. The van der Waals surface area contributed by atoms with Crippen molar-refractivity contribution < 1.29 is 33.8 Å². The fraction of sp³-hybridized carbons (Fsp3) is 1.00. The Labute approximate surface area is 266 Å². The molecule has 0 aromatic heterocycles. The highest BCUT2D eigenvalue weighted by atomic mass is 35.5. The molecule has 4 heteroatoms. The zero-order valence-electron chi connectivity index (χ0n) is 29.4. The van der Waals surface area contributed by atoms with Crippen LogP contribution in [0.2, 0.25) is 0 Å². The van der Waals surface area contributed by atoms with Gasteiger partial charge in [-0.1, -0.05) is 81.1 Å². The summed E-state index contributed by atoms with van der Waals surface area (Å²) < 4.78 is 2.42. The van der Waals surface area contributed by atoms with Gasteiger partial charge < -0.3 is 33.8 Å². The predicted octanol–water partition coefficient (Wildman–Crippen LogP) is 3.68. The van der Waals surface area contributed by atoms with Crippen molar-refractivity contribution in [1.29, 1.82) is 0 Å². The zero-order chi connectivity index (χ0) is 28.8. The number of nitrogens with zero attached hydrogens (tertiary/aromatic N) is 2. The van der Waals surface area contributed by atoms with Crippen molar-refractivity contribution in [3.8, 4) is 0 Å². The average Bonchev–Trinajstić information content (AvgIpc) is 2.77. The van der Waals surface area contributed by atoms with Crippen LogP contribution in [-0.2, 0) is 0 Å². The molecule has 2 aliphatic carbocycles. The smallest absolute Gasteiger partial charge is 0.0785 e. The van der Waals surface area contributed by atoms with E-state index in [0.29, 0.717) is 10.8 Å². The van der Waals surface area contributed by atoms with Gasteiger partial charge in [-0.2, -0.15) is 0 Å². The molecule has 2 saturated carbocycles. The third-order valence-electron chi connectivity index (χ3n) is 11.9. The maximum absolute atomic E-state index is 2.56. The number of hydrogen-bond acceptors (Lipinski definition) is 0. The average molecular weight is 606 g/mol. The van der Waals surface area contributed by atoms with E-state index < -0.39 is 0 Å². The third kappa shape index (κ3) is 12.6. The van der Waals surface area contributed by atoms with Gasteiger partial charge in [0.2, 0.25) is 0 Å². The first-order valence-corrected chi connectivity index (χ1v) is 17.1. The highest BCUT2D eigenvalue weighted by Crippen LogP contribution is 2.49. The van der Waals surface area contributed by atoms with Crippen LogP contribution in [0.4, 0.5) is 0 Å². The van der Waals surface area contributed by atoms with Crippen LogP contribution in [0.5, 0.6) is 0 Å². The highest BCUT2D eigenvalue weighted by Gasteiger charge is 2.41. The highest BCUT2D eigenvalue weighted by molar-refractivity contribution is 4.90. The van der Waals surface area contributed by atoms with Gasteiger partial charge in [0.25, 0.3) is 0 Å². The summed E-state index contributed by atoms with van der Waals surface area (Å²) >= 11 is 0. The molecule has 0 amide bonds. The van der Waals surface area contributed by atoms with E-state index in [4.69, 9.17) is 0 Å². The van der Waals surface area contributed by atoms with Gasteiger partial charge in [-0.25, -0.2) is 0 Å². The summed E-state index contributed by atoms with van der Waals surface area (Å²) in [5.74, 6) is 5.31. The number of quaternary nitrogens is 2.